The van der Waals surface area contributed by atoms with Crippen molar-refractivity contribution >= 4 is 22.9 Å². The fraction of sp³-hybridized carbons (Fsp3) is 0.375. The number of rotatable bonds is 4. The maximum Gasteiger partial charge on any atom is 0.227 e. The molecule has 0 saturated carbocycles. The van der Waals surface area contributed by atoms with Gasteiger partial charge in [0, 0.05) is 13.0 Å². The zero-order valence-corrected chi connectivity index (χ0v) is 11.7. The molecule has 1 N–H and O–H groups in total. The van der Waals surface area contributed by atoms with Gasteiger partial charge in [0.15, 0.2) is 0 Å². The lowest BCUT2D eigenvalue weighted by Gasteiger charge is -2.09. The number of anilines is 1. The molecule has 1 aromatic heterocycles. The molecule has 1 unspecified atom stereocenters. The van der Waals surface area contributed by atoms with Gasteiger partial charge in [0.05, 0.1) is 11.0 Å². The average molecular weight is 269 g/mol. The van der Waals surface area contributed by atoms with Gasteiger partial charge < -0.3 is 4.57 Å². The molecule has 0 bridgehead atoms. The summed E-state index contributed by atoms with van der Waals surface area (Å²) >= 11 is 0. The maximum atomic E-state index is 12.1. The SMILES string of the molecule is CCn1c(NC(=O)CC2C=CCC2)nc2ccccc21. The van der Waals surface area contributed by atoms with Crippen molar-refractivity contribution in [3.05, 3.63) is 36.4 Å². The third kappa shape index (κ3) is 2.46. The summed E-state index contributed by atoms with van der Waals surface area (Å²) in [6.07, 6.45) is 7.01. The zero-order chi connectivity index (χ0) is 13.9. The van der Waals surface area contributed by atoms with Crippen LogP contribution in [0.1, 0.15) is 26.2 Å². The Morgan fingerprint density at radius 2 is 2.30 bits per heavy atom. The molecule has 1 aromatic carbocycles. The molecular weight excluding hydrogens is 250 g/mol. The van der Waals surface area contributed by atoms with E-state index in [2.05, 4.69) is 29.4 Å². The Morgan fingerprint density at radius 3 is 3.05 bits per heavy atom. The van der Waals surface area contributed by atoms with Crippen molar-refractivity contribution in [1.82, 2.24) is 9.55 Å². The molecule has 104 valence electrons. The molecule has 0 radical (unpaired) electrons. The number of imidazole rings is 1. The Morgan fingerprint density at radius 1 is 1.45 bits per heavy atom. The number of carbonyl (C=O) groups is 1. The number of carbonyl (C=O) groups excluding carboxylic acids is 1. The molecule has 20 heavy (non-hydrogen) atoms. The molecule has 2 aromatic rings. The summed E-state index contributed by atoms with van der Waals surface area (Å²) in [6, 6.07) is 7.95. The van der Waals surface area contributed by atoms with Crippen LogP contribution in [0.15, 0.2) is 36.4 Å². The fourth-order valence-electron chi connectivity index (χ4n) is 2.77. The van der Waals surface area contributed by atoms with Crippen molar-refractivity contribution in [3.63, 3.8) is 0 Å². The summed E-state index contributed by atoms with van der Waals surface area (Å²) in [7, 11) is 0. The van der Waals surface area contributed by atoms with Crippen LogP contribution >= 0.6 is 0 Å². The second kappa shape index (κ2) is 5.49. The van der Waals surface area contributed by atoms with E-state index < -0.39 is 0 Å². The number of nitrogens with zero attached hydrogens (tertiary/aromatic N) is 2. The Hall–Kier alpha value is -2.10. The van der Waals surface area contributed by atoms with E-state index in [4.69, 9.17) is 0 Å². The minimum Gasteiger partial charge on any atom is -0.310 e. The molecule has 3 rings (SSSR count). The van der Waals surface area contributed by atoms with Gasteiger partial charge in [-0.05, 0) is 37.8 Å². The van der Waals surface area contributed by atoms with Crippen LogP contribution in [0.4, 0.5) is 5.95 Å². The molecule has 0 saturated heterocycles. The number of aryl methyl sites for hydroxylation is 1. The van der Waals surface area contributed by atoms with E-state index in [9.17, 15) is 4.79 Å². The summed E-state index contributed by atoms with van der Waals surface area (Å²) in [6.45, 7) is 2.85. The maximum absolute atomic E-state index is 12.1. The zero-order valence-electron chi connectivity index (χ0n) is 11.7. The Balaban J connectivity index is 1.79. The fourth-order valence-corrected chi connectivity index (χ4v) is 2.77. The van der Waals surface area contributed by atoms with E-state index in [1.807, 2.05) is 28.8 Å². The molecule has 1 heterocycles. The number of fused-ring (bicyclic) bond motifs is 1. The van der Waals surface area contributed by atoms with Crippen LogP contribution in [-0.4, -0.2) is 15.5 Å². The van der Waals surface area contributed by atoms with Gasteiger partial charge in [-0.15, -0.1) is 0 Å². The number of hydrogen-bond acceptors (Lipinski definition) is 2. The van der Waals surface area contributed by atoms with Crippen molar-refractivity contribution in [1.29, 1.82) is 0 Å². The second-order valence-corrected chi connectivity index (χ2v) is 5.19. The first-order chi connectivity index (χ1) is 9.78. The predicted octanol–water partition coefficient (Wildman–Crippen LogP) is 3.35. The number of para-hydroxylation sites is 2. The molecular formula is C16H19N3O. The van der Waals surface area contributed by atoms with Crippen molar-refractivity contribution in [3.8, 4) is 0 Å². The van der Waals surface area contributed by atoms with E-state index in [0.717, 1.165) is 30.4 Å². The first kappa shape index (κ1) is 12.9. The third-order valence-electron chi connectivity index (χ3n) is 3.78. The Labute approximate surface area is 118 Å². The molecule has 1 amide bonds. The first-order valence-corrected chi connectivity index (χ1v) is 7.19. The number of benzene rings is 1. The minimum absolute atomic E-state index is 0.0477. The van der Waals surface area contributed by atoms with Crippen LogP contribution in [0.25, 0.3) is 11.0 Å². The van der Waals surface area contributed by atoms with E-state index in [-0.39, 0.29) is 5.91 Å². The highest BCUT2D eigenvalue weighted by Gasteiger charge is 2.16. The van der Waals surface area contributed by atoms with E-state index in [1.54, 1.807) is 0 Å². The molecule has 0 fully saturated rings. The minimum atomic E-state index is 0.0477. The Bertz CT molecular complexity index is 657. The number of aromatic nitrogens is 2. The van der Waals surface area contributed by atoms with Gasteiger partial charge in [-0.1, -0.05) is 24.3 Å². The second-order valence-electron chi connectivity index (χ2n) is 5.19. The number of allylic oxidation sites excluding steroid dienone is 2. The lowest BCUT2D eigenvalue weighted by Crippen LogP contribution is -2.17. The molecule has 1 atom stereocenters. The van der Waals surface area contributed by atoms with Gasteiger partial charge in [-0.3, -0.25) is 10.1 Å². The smallest absolute Gasteiger partial charge is 0.227 e. The first-order valence-electron chi connectivity index (χ1n) is 7.19. The Kier molecular flexibility index (Phi) is 3.54. The summed E-state index contributed by atoms with van der Waals surface area (Å²) in [5, 5.41) is 2.96. The number of hydrogen-bond donors (Lipinski definition) is 1. The predicted molar refractivity (Wildman–Crippen MR) is 80.5 cm³/mol. The van der Waals surface area contributed by atoms with Crippen molar-refractivity contribution in [2.45, 2.75) is 32.7 Å². The van der Waals surface area contributed by atoms with Crippen molar-refractivity contribution in [2.75, 3.05) is 5.32 Å². The summed E-state index contributed by atoms with van der Waals surface area (Å²) in [4.78, 5) is 16.6. The van der Waals surface area contributed by atoms with Gasteiger partial charge in [0.25, 0.3) is 0 Å². The number of nitrogens with one attached hydrogen (secondary N) is 1. The van der Waals surface area contributed by atoms with Crippen LogP contribution in [0.2, 0.25) is 0 Å². The van der Waals surface area contributed by atoms with Crippen LogP contribution in [0.3, 0.4) is 0 Å². The highest BCUT2D eigenvalue weighted by atomic mass is 16.1. The lowest BCUT2D eigenvalue weighted by molar-refractivity contribution is -0.116. The molecule has 1 aliphatic carbocycles. The van der Waals surface area contributed by atoms with Crippen LogP contribution in [0, 0.1) is 5.92 Å². The van der Waals surface area contributed by atoms with Gasteiger partial charge in [-0.2, -0.15) is 0 Å². The normalized spacial score (nSPS) is 17.8. The highest BCUT2D eigenvalue weighted by molar-refractivity contribution is 5.91. The van der Waals surface area contributed by atoms with Gasteiger partial charge in [0.1, 0.15) is 0 Å². The lowest BCUT2D eigenvalue weighted by atomic mass is 10.1. The van der Waals surface area contributed by atoms with E-state index in [0.29, 0.717) is 18.3 Å². The molecule has 0 spiro atoms. The largest absolute Gasteiger partial charge is 0.310 e. The summed E-state index contributed by atoms with van der Waals surface area (Å²) in [5.41, 5.74) is 1.98. The van der Waals surface area contributed by atoms with E-state index in [1.165, 1.54) is 0 Å². The highest BCUT2D eigenvalue weighted by Crippen LogP contribution is 2.22. The summed E-state index contributed by atoms with van der Waals surface area (Å²) in [5.74, 6) is 1.08. The van der Waals surface area contributed by atoms with Crippen molar-refractivity contribution < 1.29 is 4.79 Å². The van der Waals surface area contributed by atoms with Gasteiger partial charge in [-0.25, -0.2) is 4.98 Å². The van der Waals surface area contributed by atoms with Crippen LogP contribution in [0.5, 0.6) is 0 Å². The van der Waals surface area contributed by atoms with Gasteiger partial charge in [0.2, 0.25) is 11.9 Å². The van der Waals surface area contributed by atoms with E-state index >= 15 is 0 Å². The molecule has 1 aliphatic rings. The number of amides is 1. The monoisotopic (exact) mass is 269 g/mol. The molecule has 4 heteroatoms. The third-order valence-corrected chi connectivity index (χ3v) is 3.78. The van der Waals surface area contributed by atoms with Crippen LogP contribution in [-0.2, 0) is 11.3 Å². The van der Waals surface area contributed by atoms with Crippen molar-refractivity contribution in [2.24, 2.45) is 5.92 Å². The average Bonchev–Trinajstić information content (AvgIpc) is 3.05. The van der Waals surface area contributed by atoms with Crippen LogP contribution < -0.4 is 5.32 Å². The topological polar surface area (TPSA) is 46.9 Å². The molecule has 0 aliphatic heterocycles. The summed E-state index contributed by atoms with van der Waals surface area (Å²) < 4.78 is 2.04. The standard InChI is InChI=1S/C16H19N3O/c1-2-19-14-10-6-5-9-13(14)17-16(19)18-15(20)11-12-7-3-4-8-12/h3,5-7,9-10,12H,2,4,8,11H2,1H3,(H,17,18,20). The quantitative estimate of drug-likeness (QED) is 0.865. The molecule has 4 nitrogen and oxygen atoms in total. The van der Waals surface area contributed by atoms with Gasteiger partial charge >= 0.3 is 0 Å².